The Morgan fingerprint density at radius 3 is 2.05 bits per heavy atom. The molecule has 0 atom stereocenters. The molecule has 4 heteroatoms. The Hall–Kier alpha value is -1.78. The molecule has 0 spiro atoms. The van der Waals surface area contributed by atoms with E-state index < -0.39 is 0 Å². The van der Waals surface area contributed by atoms with E-state index in [-0.39, 0.29) is 26.4 Å². The van der Waals surface area contributed by atoms with Crippen LogP contribution in [0.15, 0.2) is 42.5 Å². The number of aryl methyl sites for hydroxylation is 1. The third-order valence-electron chi connectivity index (χ3n) is 2.23. The predicted molar refractivity (Wildman–Crippen MR) is 74.0 cm³/mol. The molecule has 0 saturated carbocycles. The van der Waals surface area contributed by atoms with Gasteiger partial charge in [0.2, 0.25) is 0 Å². The molecule has 0 unspecified atom stereocenters. The summed E-state index contributed by atoms with van der Waals surface area (Å²) >= 11 is 0. The molecular weight excluding hydrogens is 244 g/mol. The maximum atomic E-state index is 8.76. The molecule has 0 aliphatic heterocycles. The third kappa shape index (κ3) is 6.64. The Bertz CT molecular complexity index is 431. The topological polar surface area (TPSA) is 58.9 Å². The molecule has 2 N–H and O–H groups in total. The number of aliphatic hydroxyl groups is 2. The molecule has 1 rings (SSSR count). The van der Waals surface area contributed by atoms with E-state index >= 15 is 0 Å². The van der Waals surface area contributed by atoms with Crippen LogP contribution in [-0.2, 0) is 0 Å². The first-order chi connectivity index (χ1) is 9.26. The van der Waals surface area contributed by atoms with Crippen LogP contribution in [0.2, 0.25) is 0 Å². The fourth-order valence-corrected chi connectivity index (χ4v) is 1.40. The molecule has 0 saturated heterocycles. The van der Waals surface area contributed by atoms with Gasteiger partial charge in [-0.25, -0.2) is 0 Å². The summed E-state index contributed by atoms with van der Waals surface area (Å²) < 4.78 is 10.8. The van der Waals surface area contributed by atoms with E-state index in [1.165, 1.54) is 0 Å². The van der Waals surface area contributed by atoms with E-state index in [1.54, 1.807) is 0 Å². The third-order valence-corrected chi connectivity index (χ3v) is 2.23. The van der Waals surface area contributed by atoms with Crippen molar-refractivity contribution in [2.75, 3.05) is 26.4 Å². The maximum Gasteiger partial charge on any atom is 0.119 e. The second-order valence-corrected chi connectivity index (χ2v) is 3.89. The number of ether oxygens (including phenoxy) is 2. The van der Waals surface area contributed by atoms with Gasteiger partial charge in [0.25, 0.3) is 0 Å². The van der Waals surface area contributed by atoms with E-state index in [2.05, 4.69) is 0 Å². The lowest BCUT2D eigenvalue weighted by atomic mass is 10.2. The first kappa shape index (κ1) is 15.3. The summed E-state index contributed by atoms with van der Waals surface area (Å²) in [6.07, 6.45) is 0. The van der Waals surface area contributed by atoms with Crippen LogP contribution in [0.5, 0.6) is 11.5 Å². The lowest BCUT2D eigenvalue weighted by Crippen LogP contribution is -2.01. The summed E-state index contributed by atoms with van der Waals surface area (Å²) in [6.45, 7) is 2.47. The average molecular weight is 264 g/mol. The van der Waals surface area contributed by atoms with Crippen molar-refractivity contribution >= 4 is 0 Å². The summed E-state index contributed by atoms with van der Waals surface area (Å²) in [5.74, 6) is 1.38. The van der Waals surface area contributed by atoms with Gasteiger partial charge in [0.1, 0.15) is 24.7 Å². The molecule has 0 bridgehead atoms. The van der Waals surface area contributed by atoms with E-state index in [0.29, 0.717) is 11.5 Å². The first-order valence-electron chi connectivity index (χ1n) is 6.18. The van der Waals surface area contributed by atoms with Crippen molar-refractivity contribution in [1.82, 2.24) is 0 Å². The van der Waals surface area contributed by atoms with Crippen molar-refractivity contribution in [2.45, 2.75) is 6.92 Å². The van der Waals surface area contributed by atoms with E-state index in [0.717, 1.165) is 5.56 Å². The van der Waals surface area contributed by atoms with E-state index in [1.807, 2.05) is 49.4 Å². The lowest BCUT2D eigenvalue weighted by Gasteiger charge is -2.03. The van der Waals surface area contributed by atoms with Gasteiger partial charge in [0.05, 0.1) is 13.2 Å². The van der Waals surface area contributed by atoms with Crippen molar-refractivity contribution in [3.05, 3.63) is 48.0 Å². The lowest BCUT2D eigenvalue weighted by molar-refractivity contribution is 0.201. The van der Waals surface area contributed by atoms with Crippen molar-refractivity contribution < 1.29 is 19.7 Å². The monoisotopic (exact) mass is 264 g/mol. The van der Waals surface area contributed by atoms with Gasteiger partial charge in [-0.2, -0.15) is 0 Å². The summed E-state index contributed by atoms with van der Waals surface area (Å²) in [5.41, 5.74) is 0.998. The van der Waals surface area contributed by atoms with Crippen LogP contribution in [0.1, 0.15) is 5.56 Å². The predicted octanol–water partition coefficient (Wildman–Crippen LogP) is 1.86. The van der Waals surface area contributed by atoms with Gasteiger partial charge in [0, 0.05) is 0 Å². The van der Waals surface area contributed by atoms with Gasteiger partial charge in [-0.3, -0.25) is 0 Å². The Morgan fingerprint density at radius 1 is 0.842 bits per heavy atom. The Balaban J connectivity index is 2.98. The maximum absolute atomic E-state index is 8.76. The van der Waals surface area contributed by atoms with Crippen LogP contribution in [0.3, 0.4) is 0 Å². The minimum Gasteiger partial charge on any atom is -0.491 e. The molecular formula is C15H20O4. The highest BCUT2D eigenvalue weighted by Crippen LogP contribution is 2.12. The van der Waals surface area contributed by atoms with Gasteiger partial charge in [-0.1, -0.05) is 18.2 Å². The Morgan fingerprint density at radius 2 is 1.42 bits per heavy atom. The largest absolute Gasteiger partial charge is 0.491 e. The summed E-state index contributed by atoms with van der Waals surface area (Å²) in [7, 11) is 0. The van der Waals surface area contributed by atoms with Crippen LogP contribution in [0.25, 0.3) is 0 Å². The zero-order chi connectivity index (χ0) is 13.9. The molecule has 0 aliphatic rings. The number of hydrogen-bond donors (Lipinski definition) is 2. The molecule has 0 aliphatic carbocycles. The van der Waals surface area contributed by atoms with Gasteiger partial charge < -0.3 is 19.7 Å². The fraction of sp³-hybridized carbons (Fsp3) is 0.333. The number of hydrogen-bond acceptors (Lipinski definition) is 4. The highest BCUT2D eigenvalue weighted by atomic mass is 16.5. The smallest absolute Gasteiger partial charge is 0.119 e. The van der Waals surface area contributed by atoms with E-state index in [9.17, 15) is 0 Å². The molecule has 1 aromatic carbocycles. The van der Waals surface area contributed by atoms with Gasteiger partial charge in [-0.05, 0) is 36.8 Å². The quantitative estimate of drug-likeness (QED) is 0.823. The molecule has 4 nitrogen and oxygen atoms in total. The van der Waals surface area contributed by atoms with E-state index in [4.69, 9.17) is 19.7 Å². The molecule has 0 amide bonds. The van der Waals surface area contributed by atoms with Crippen molar-refractivity contribution in [3.63, 3.8) is 0 Å². The van der Waals surface area contributed by atoms with Crippen molar-refractivity contribution in [3.8, 4) is 11.5 Å². The summed E-state index contributed by atoms with van der Waals surface area (Å²) in [6, 6.07) is 12.9. The molecule has 0 radical (unpaired) electrons. The highest BCUT2D eigenvalue weighted by molar-refractivity contribution is 5.27. The SMILES string of the molecule is Cc1ccc(OCCO)ccccc(OCCO)c1. The van der Waals surface area contributed by atoms with Gasteiger partial charge >= 0.3 is 0 Å². The second kappa shape index (κ2) is 9.19. The minimum absolute atomic E-state index is 0.0111. The zero-order valence-corrected chi connectivity index (χ0v) is 11.1. The van der Waals surface area contributed by atoms with Gasteiger partial charge in [-0.15, -0.1) is 0 Å². The summed E-state index contributed by atoms with van der Waals surface area (Å²) in [5, 5.41) is 17.5. The first-order valence-corrected chi connectivity index (χ1v) is 6.18. The van der Waals surface area contributed by atoms with Gasteiger partial charge in [0.15, 0.2) is 0 Å². The van der Waals surface area contributed by atoms with Crippen molar-refractivity contribution in [1.29, 1.82) is 0 Å². The molecule has 0 aromatic heterocycles. The highest BCUT2D eigenvalue weighted by Gasteiger charge is 1.91. The van der Waals surface area contributed by atoms with Crippen LogP contribution in [0.4, 0.5) is 0 Å². The molecule has 0 fully saturated rings. The number of aliphatic hydroxyl groups excluding tert-OH is 2. The zero-order valence-electron chi connectivity index (χ0n) is 11.1. The number of rotatable bonds is 6. The average Bonchev–Trinajstić information content (AvgIpc) is 2.42. The minimum atomic E-state index is -0.0111. The van der Waals surface area contributed by atoms with Crippen LogP contribution in [0, 0.1) is 6.92 Å². The van der Waals surface area contributed by atoms with Crippen molar-refractivity contribution in [2.24, 2.45) is 0 Å². The van der Waals surface area contributed by atoms with Crippen LogP contribution in [-0.4, -0.2) is 36.6 Å². The van der Waals surface area contributed by atoms with Crippen LogP contribution < -0.4 is 9.47 Å². The molecule has 1 aromatic rings. The van der Waals surface area contributed by atoms with Crippen LogP contribution >= 0.6 is 0 Å². The fourth-order valence-electron chi connectivity index (χ4n) is 1.40. The molecule has 19 heavy (non-hydrogen) atoms. The standard InChI is InChI=1S/C15H20O4/c1-13-6-7-14(18-10-8-16)4-2-3-5-15(12-13)19-11-9-17/h2-7,12,16-17H,8-11H2,1H3. The molecule has 0 heterocycles. The summed E-state index contributed by atoms with van der Waals surface area (Å²) in [4.78, 5) is 0. The Labute approximate surface area is 113 Å². The molecule has 104 valence electrons. The Kier molecular flexibility index (Phi) is 7.39. The normalized spacial score (nSPS) is 9.63. The second-order valence-electron chi connectivity index (χ2n) is 3.89.